The molecule has 1 aliphatic carbocycles. The van der Waals surface area contributed by atoms with Gasteiger partial charge in [-0.3, -0.25) is 4.99 Å². The van der Waals surface area contributed by atoms with Crippen LogP contribution in [0.15, 0.2) is 53.1 Å². The summed E-state index contributed by atoms with van der Waals surface area (Å²) < 4.78 is 0. The van der Waals surface area contributed by atoms with E-state index in [1.54, 1.807) is 0 Å². The van der Waals surface area contributed by atoms with Crippen LogP contribution in [0.1, 0.15) is 58.6 Å². The molecule has 1 unspecified atom stereocenters. The summed E-state index contributed by atoms with van der Waals surface area (Å²) in [6, 6.07) is 8.79. The molecular formula is C22H31NO. The number of carbonyl (C=O) groups excluding carboxylic acids is 1. The first-order chi connectivity index (χ1) is 11.4. The highest BCUT2D eigenvalue weighted by atomic mass is 16.1. The number of ketones is 1. The second kappa shape index (κ2) is 9.36. The van der Waals surface area contributed by atoms with Crippen molar-refractivity contribution in [2.75, 3.05) is 7.05 Å². The lowest BCUT2D eigenvalue weighted by Gasteiger charge is -2.41. The van der Waals surface area contributed by atoms with Gasteiger partial charge in [-0.1, -0.05) is 56.3 Å². The minimum atomic E-state index is 0.167. The van der Waals surface area contributed by atoms with Crippen molar-refractivity contribution in [3.8, 4) is 0 Å². The molecule has 0 aromatic heterocycles. The zero-order valence-corrected chi connectivity index (χ0v) is 16.0. The normalized spacial score (nSPS) is 20.1. The van der Waals surface area contributed by atoms with Crippen LogP contribution < -0.4 is 0 Å². The molecule has 0 aliphatic heterocycles. The number of Topliss-reactive ketones (excluding diaryl/α,β-unsaturated/α-hetero) is 1. The van der Waals surface area contributed by atoms with Gasteiger partial charge in [-0.2, -0.15) is 0 Å². The molecule has 0 radical (unpaired) electrons. The molecule has 2 nitrogen and oxygen atoms in total. The minimum absolute atomic E-state index is 0.167. The SMILES string of the molecule is C/C=C(\C=C/CC)C(CC1(C)Cc2ccccc21)=NC.CC(C)=O. The zero-order valence-electron chi connectivity index (χ0n) is 16.0. The summed E-state index contributed by atoms with van der Waals surface area (Å²) in [7, 11) is 1.91. The molecule has 2 rings (SSSR count). The second-order valence-corrected chi connectivity index (χ2v) is 6.70. The fraction of sp³-hybridized carbons (Fsp3) is 0.455. The number of nitrogens with zero attached hydrogens (tertiary/aromatic N) is 1. The maximum Gasteiger partial charge on any atom is 0.126 e. The molecule has 130 valence electrons. The molecule has 0 amide bonds. The summed E-state index contributed by atoms with van der Waals surface area (Å²) in [5, 5.41) is 0. The highest BCUT2D eigenvalue weighted by Crippen LogP contribution is 2.44. The van der Waals surface area contributed by atoms with E-state index in [4.69, 9.17) is 0 Å². The predicted octanol–water partition coefficient (Wildman–Crippen LogP) is 5.47. The lowest BCUT2D eigenvalue weighted by Crippen LogP contribution is -2.38. The fourth-order valence-electron chi connectivity index (χ4n) is 3.11. The van der Waals surface area contributed by atoms with Gasteiger partial charge in [0.2, 0.25) is 0 Å². The zero-order chi connectivity index (χ0) is 18.2. The quantitative estimate of drug-likeness (QED) is 0.521. The number of hydrogen-bond donors (Lipinski definition) is 0. The second-order valence-electron chi connectivity index (χ2n) is 6.70. The Kier molecular flexibility index (Phi) is 7.84. The van der Waals surface area contributed by atoms with Gasteiger partial charge in [0.15, 0.2) is 0 Å². The molecule has 24 heavy (non-hydrogen) atoms. The van der Waals surface area contributed by atoms with Crippen molar-refractivity contribution in [2.45, 2.75) is 59.3 Å². The Morgan fingerprint density at radius 1 is 1.29 bits per heavy atom. The van der Waals surface area contributed by atoms with Crippen molar-refractivity contribution in [3.63, 3.8) is 0 Å². The van der Waals surface area contributed by atoms with Crippen LogP contribution in [0.5, 0.6) is 0 Å². The van der Waals surface area contributed by atoms with Crippen molar-refractivity contribution in [3.05, 3.63) is 59.2 Å². The number of aliphatic imine (C=N–C) groups is 1. The molecule has 1 atom stereocenters. The van der Waals surface area contributed by atoms with E-state index in [1.165, 1.54) is 36.3 Å². The van der Waals surface area contributed by atoms with Crippen LogP contribution in [0.4, 0.5) is 0 Å². The Bertz CT molecular complexity index is 648. The van der Waals surface area contributed by atoms with Gasteiger partial charge in [-0.15, -0.1) is 0 Å². The van der Waals surface area contributed by atoms with E-state index in [1.807, 2.05) is 7.05 Å². The molecule has 0 saturated heterocycles. The van der Waals surface area contributed by atoms with E-state index in [0.29, 0.717) is 0 Å². The van der Waals surface area contributed by atoms with Crippen LogP contribution in [0, 0.1) is 0 Å². The summed E-state index contributed by atoms with van der Waals surface area (Å²) in [4.78, 5) is 14.0. The summed E-state index contributed by atoms with van der Waals surface area (Å²) in [5.41, 5.74) is 5.72. The van der Waals surface area contributed by atoms with Crippen molar-refractivity contribution in [1.29, 1.82) is 0 Å². The van der Waals surface area contributed by atoms with E-state index >= 15 is 0 Å². The minimum Gasteiger partial charge on any atom is -0.300 e. The molecule has 0 saturated carbocycles. The molecule has 2 heteroatoms. The highest BCUT2D eigenvalue weighted by molar-refractivity contribution is 6.03. The Labute approximate surface area is 147 Å². The Hall–Kier alpha value is -1.96. The summed E-state index contributed by atoms with van der Waals surface area (Å²) in [6.07, 6.45) is 9.83. The smallest absolute Gasteiger partial charge is 0.126 e. The van der Waals surface area contributed by atoms with Crippen LogP contribution in [-0.2, 0) is 16.6 Å². The summed E-state index contributed by atoms with van der Waals surface area (Å²) >= 11 is 0. The molecule has 0 N–H and O–H groups in total. The van der Waals surface area contributed by atoms with Crippen LogP contribution in [0.2, 0.25) is 0 Å². The summed E-state index contributed by atoms with van der Waals surface area (Å²) in [6.45, 7) is 9.67. The number of hydrogen-bond acceptors (Lipinski definition) is 2. The Morgan fingerprint density at radius 2 is 1.92 bits per heavy atom. The lowest BCUT2D eigenvalue weighted by atomic mass is 9.62. The maximum atomic E-state index is 9.44. The van der Waals surface area contributed by atoms with E-state index in [9.17, 15) is 4.79 Å². The molecule has 0 fully saturated rings. The van der Waals surface area contributed by atoms with Gasteiger partial charge in [-0.05, 0) is 56.7 Å². The standard InChI is InChI=1S/C19H25N.C3H6O/c1-5-7-10-15(6-2)18(20-4)14-19(3)13-16-11-8-9-12-17(16)19;1-3(2)4/h6-12H,5,13-14H2,1-4H3;1-2H3/b10-7-,15-6+,20-18?;. The molecule has 0 heterocycles. The number of carbonyl (C=O) groups is 1. The maximum absolute atomic E-state index is 9.44. The summed E-state index contributed by atoms with van der Waals surface area (Å²) in [5.74, 6) is 0.167. The first-order valence-corrected chi connectivity index (χ1v) is 8.72. The average molecular weight is 325 g/mol. The molecule has 0 spiro atoms. The highest BCUT2D eigenvalue weighted by Gasteiger charge is 2.38. The topological polar surface area (TPSA) is 29.4 Å². The van der Waals surface area contributed by atoms with Gasteiger partial charge in [0.05, 0.1) is 0 Å². The number of fused-ring (bicyclic) bond motifs is 1. The van der Waals surface area contributed by atoms with Crippen molar-refractivity contribution in [2.24, 2.45) is 4.99 Å². The number of allylic oxidation sites excluding steroid dienone is 4. The lowest BCUT2D eigenvalue weighted by molar-refractivity contribution is -0.114. The van der Waals surface area contributed by atoms with Crippen molar-refractivity contribution >= 4 is 11.5 Å². The number of rotatable bonds is 5. The largest absolute Gasteiger partial charge is 0.300 e. The third-order valence-electron chi connectivity index (χ3n) is 4.25. The van der Waals surface area contributed by atoms with Gasteiger partial charge in [0.25, 0.3) is 0 Å². The monoisotopic (exact) mass is 325 g/mol. The molecule has 1 aromatic rings. The molecule has 1 aromatic carbocycles. The Morgan fingerprint density at radius 3 is 2.42 bits per heavy atom. The van der Waals surface area contributed by atoms with Crippen LogP contribution in [0.25, 0.3) is 0 Å². The third kappa shape index (κ3) is 5.30. The molecular weight excluding hydrogens is 294 g/mol. The van der Waals surface area contributed by atoms with Gasteiger partial charge in [-0.25, -0.2) is 0 Å². The first-order valence-electron chi connectivity index (χ1n) is 8.72. The third-order valence-corrected chi connectivity index (χ3v) is 4.25. The van der Waals surface area contributed by atoms with Crippen LogP contribution in [0.3, 0.4) is 0 Å². The fourth-order valence-corrected chi connectivity index (χ4v) is 3.11. The molecule has 1 aliphatic rings. The average Bonchev–Trinajstić information content (AvgIpc) is 2.53. The number of benzene rings is 1. The van der Waals surface area contributed by atoms with E-state index < -0.39 is 0 Å². The molecule has 0 bridgehead atoms. The van der Waals surface area contributed by atoms with Gasteiger partial charge in [0, 0.05) is 18.2 Å². The van der Waals surface area contributed by atoms with Crippen molar-refractivity contribution < 1.29 is 4.79 Å². The first kappa shape index (κ1) is 20.1. The van der Waals surface area contributed by atoms with Crippen molar-refractivity contribution in [1.82, 2.24) is 0 Å². The van der Waals surface area contributed by atoms with Gasteiger partial charge >= 0.3 is 0 Å². The van der Waals surface area contributed by atoms with Gasteiger partial charge < -0.3 is 4.79 Å². The van der Waals surface area contributed by atoms with E-state index in [0.717, 1.165) is 19.3 Å². The van der Waals surface area contributed by atoms with Crippen LogP contribution in [-0.4, -0.2) is 18.5 Å². The van der Waals surface area contributed by atoms with Gasteiger partial charge in [0.1, 0.15) is 5.78 Å². The Balaban J connectivity index is 0.000000648. The van der Waals surface area contributed by atoms with E-state index in [-0.39, 0.29) is 11.2 Å². The van der Waals surface area contributed by atoms with E-state index in [2.05, 4.69) is 68.3 Å². The predicted molar refractivity (Wildman–Crippen MR) is 105 cm³/mol. The van der Waals surface area contributed by atoms with Crippen LogP contribution >= 0.6 is 0 Å².